The summed E-state index contributed by atoms with van der Waals surface area (Å²) in [4.78, 5) is 11.7. The molecule has 204 valence electrons. The van der Waals surface area contributed by atoms with Crippen LogP contribution in [0.4, 0.5) is 13.2 Å². The minimum absolute atomic E-state index is 0.0384. The number of hydrogen-bond donors (Lipinski definition) is 0. The lowest BCUT2D eigenvalue weighted by atomic mass is 9.87. The first-order valence-corrected chi connectivity index (χ1v) is 12.3. The van der Waals surface area contributed by atoms with Crippen LogP contribution in [0, 0.1) is 5.92 Å². The molecule has 0 spiro atoms. The standard InChI is InChI=1S/C30H33F3O5/c1-20(28(34)35-5)16-17-36-26-15-10-23(22-8-13-25(14-9-22)38-30(31,32)33)18-27(26)37-19-21-6-11-24(12-7-21)29(2,3)4/h6-15,18,20H,16-17,19H2,1-5H3. The number of carbonyl (C=O) groups excluding carboxylic acids is 1. The molecule has 3 aromatic carbocycles. The van der Waals surface area contributed by atoms with Gasteiger partial charge in [-0.15, -0.1) is 13.2 Å². The fraction of sp³-hybridized carbons (Fsp3) is 0.367. The molecule has 1 unspecified atom stereocenters. The summed E-state index contributed by atoms with van der Waals surface area (Å²) in [6.07, 6.45) is -4.29. The second kappa shape index (κ2) is 12.2. The SMILES string of the molecule is COC(=O)C(C)CCOc1ccc(-c2ccc(OC(F)(F)F)cc2)cc1OCc1ccc(C(C)(C)C)cc1. The number of rotatable bonds is 10. The van der Waals surface area contributed by atoms with Gasteiger partial charge in [0.2, 0.25) is 0 Å². The van der Waals surface area contributed by atoms with Crippen LogP contribution in [0.5, 0.6) is 17.2 Å². The van der Waals surface area contributed by atoms with Crippen molar-refractivity contribution in [1.82, 2.24) is 0 Å². The van der Waals surface area contributed by atoms with Crippen LogP contribution in [0.1, 0.15) is 45.2 Å². The lowest BCUT2D eigenvalue weighted by Gasteiger charge is -2.19. The molecule has 3 rings (SSSR count). The summed E-state index contributed by atoms with van der Waals surface area (Å²) in [5.41, 5.74) is 3.64. The van der Waals surface area contributed by atoms with Crippen molar-refractivity contribution in [2.75, 3.05) is 13.7 Å². The Balaban J connectivity index is 1.80. The molecule has 0 aliphatic rings. The van der Waals surface area contributed by atoms with Gasteiger partial charge in [-0.25, -0.2) is 0 Å². The van der Waals surface area contributed by atoms with Gasteiger partial charge in [0.1, 0.15) is 12.4 Å². The van der Waals surface area contributed by atoms with E-state index in [0.717, 1.165) is 11.1 Å². The number of carbonyl (C=O) groups is 1. The monoisotopic (exact) mass is 530 g/mol. The van der Waals surface area contributed by atoms with Gasteiger partial charge >= 0.3 is 12.3 Å². The fourth-order valence-corrected chi connectivity index (χ4v) is 3.70. The summed E-state index contributed by atoms with van der Waals surface area (Å²) < 4.78 is 58.3. The summed E-state index contributed by atoms with van der Waals surface area (Å²) in [6, 6.07) is 19.1. The van der Waals surface area contributed by atoms with Crippen LogP contribution >= 0.6 is 0 Å². The molecule has 0 amide bonds. The third-order valence-electron chi connectivity index (χ3n) is 5.99. The molecule has 1 atom stereocenters. The van der Waals surface area contributed by atoms with E-state index in [4.69, 9.17) is 14.2 Å². The average Bonchev–Trinajstić information content (AvgIpc) is 2.86. The van der Waals surface area contributed by atoms with Crippen molar-refractivity contribution in [3.05, 3.63) is 77.9 Å². The molecule has 0 radical (unpaired) electrons. The molecule has 0 aromatic heterocycles. The van der Waals surface area contributed by atoms with Crippen LogP contribution in [-0.4, -0.2) is 26.0 Å². The van der Waals surface area contributed by atoms with Crippen LogP contribution in [0.25, 0.3) is 11.1 Å². The average molecular weight is 531 g/mol. The quantitative estimate of drug-likeness (QED) is 0.251. The zero-order valence-electron chi connectivity index (χ0n) is 22.2. The van der Waals surface area contributed by atoms with Crippen LogP contribution in [0.15, 0.2) is 66.7 Å². The van der Waals surface area contributed by atoms with Crippen molar-refractivity contribution < 1.29 is 36.9 Å². The summed E-state index contributed by atoms with van der Waals surface area (Å²) in [6.45, 7) is 8.78. The Labute approximate surface area is 221 Å². The summed E-state index contributed by atoms with van der Waals surface area (Å²) in [5.74, 6) is 0.0495. The van der Waals surface area contributed by atoms with Crippen molar-refractivity contribution in [2.45, 2.75) is 52.5 Å². The van der Waals surface area contributed by atoms with Gasteiger partial charge in [-0.3, -0.25) is 4.79 Å². The van der Waals surface area contributed by atoms with Gasteiger partial charge in [0.05, 0.1) is 19.6 Å². The maximum Gasteiger partial charge on any atom is 0.573 e. The number of ether oxygens (including phenoxy) is 4. The smallest absolute Gasteiger partial charge is 0.490 e. The molecule has 5 nitrogen and oxygen atoms in total. The second-order valence-corrected chi connectivity index (χ2v) is 10.0. The van der Waals surface area contributed by atoms with Gasteiger partial charge in [-0.2, -0.15) is 0 Å². The van der Waals surface area contributed by atoms with E-state index < -0.39 is 6.36 Å². The third kappa shape index (κ3) is 8.43. The summed E-state index contributed by atoms with van der Waals surface area (Å²) in [5, 5.41) is 0. The number of benzene rings is 3. The molecule has 0 fully saturated rings. The van der Waals surface area contributed by atoms with Crippen molar-refractivity contribution in [3.8, 4) is 28.4 Å². The highest BCUT2D eigenvalue weighted by Gasteiger charge is 2.31. The molecule has 3 aromatic rings. The second-order valence-electron chi connectivity index (χ2n) is 10.0. The first kappa shape index (κ1) is 28.9. The van der Waals surface area contributed by atoms with Gasteiger partial charge in [0, 0.05) is 0 Å². The van der Waals surface area contributed by atoms with E-state index >= 15 is 0 Å². The molecular formula is C30H33F3O5. The minimum Gasteiger partial charge on any atom is -0.490 e. The number of alkyl halides is 3. The predicted octanol–water partition coefficient (Wildman–Crippen LogP) is 7.71. The Morgan fingerprint density at radius 1 is 0.842 bits per heavy atom. The molecule has 8 heteroatoms. The topological polar surface area (TPSA) is 54.0 Å². The van der Waals surface area contributed by atoms with Crippen molar-refractivity contribution in [3.63, 3.8) is 0 Å². The zero-order valence-corrected chi connectivity index (χ0v) is 22.2. The molecule has 0 aliphatic heterocycles. The molecule has 0 heterocycles. The van der Waals surface area contributed by atoms with Crippen LogP contribution in [-0.2, 0) is 21.6 Å². The Morgan fingerprint density at radius 3 is 2.05 bits per heavy atom. The number of methoxy groups -OCH3 is 1. The van der Waals surface area contributed by atoms with E-state index in [1.54, 1.807) is 37.3 Å². The highest BCUT2D eigenvalue weighted by atomic mass is 19.4. The number of hydrogen-bond acceptors (Lipinski definition) is 5. The van der Waals surface area contributed by atoms with E-state index in [-0.39, 0.29) is 29.7 Å². The van der Waals surface area contributed by atoms with Crippen molar-refractivity contribution in [2.24, 2.45) is 5.92 Å². The van der Waals surface area contributed by atoms with Gasteiger partial charge < -0.3 is 18.9 Å². The van der Waals surface area contributed by atoms with Crippen LogP contribution in [0.3, 0.4) is 0 Å². The summed E-state index contributed by atoms with van der Waals surface area (Å²) in [7, 11) is 1.35. The fourth-order valence-electron chi connectivity index (χ4n) is 3.70. The molecule has 0 aliphatic carbocycles. The van der Waals surface area contributed by atoms with E-state index in [9.17, 15) is 18.0 Å². The van der Waals surface area contributed by atoms with Crippen LogP contribution < -0.4 is 14.2 Å². The highest BCUT2D eigenvalue weighted by molar-refractivity contribution is 5.71. The minimum atomic E-state index is -4.75. The van der Waals surface area contributed by atoms with E-state index in [2.05, 4.69) is 37.6 Å². The zero-order chi connectivity index (χ0) is 27.9. The van der Waals surface area contributed by atoms with E-state index in [1.807, 2.05) is 12.1 Å². The lowest BCUT2D eigenvalue weighted by molar-refractivity contribution is -0.274. The van der Waals surface area contributed by atoms with Crippen LogP contribution in [0.2, 0.25) is 0 Å². The van der Waals surface area contributed by atoms with Gasteiger partial charge in [-0.05, 0) is 58.4 Å². The number of esters is 1. The number of halogens is 3. The van der Waals surface area contributed by atoms with Gasteiger partial charge in [0.25, 0.3) is 0 Å². The first-order chi connectivity index (χ1) is 17.9. The Hall–Kier alpha value is -3.68. The molecule has 0 saturated heterocycles. The first-order valence-electron chi connectivity index (χ1n) is 12.3. The Bertz CT molecular complexity index is 1200. The highest BCUT2D eigenvalue weighted by Crippen LogP contribution is 2.35. The Morgan fingerprint density at radius 2 is 1.47 bits per heavy atom. The molecular weight excluding hydrogens is 497 g/mol. The molecule has 38 heavy (non-hydrogen) atoms. The van der Waals surface area contributed by atoms with Crippen molar-refractivity contribution >= 4 is 5.97 Å². The van der Waals surface area contributed by atoms with Gasteiger partial charge in [0.15, 0.2) is 11.5 Å². The molecule has 0 N–H and O–H groups in total. The van der Waals surface area contributed by atoms with E-state index in [1.165, 1.54) is 24.8 Å². The third-order valence-corrected chi connectivity index (χ3v) is 5.99. The lowest BCUT2D eigenvalue weighted by Crippen LogP contribution is -2.16. The maximum atomic E-state index is 12.5. The van der Waals surface area contributed by atoms with E-state index in [0.29, 0.717) is 30.1 Å². The molecule has 0 bridgehead atoms. The van der Waals surface area contributed by atoms with Crippen molar-refractivity contribution in [1.29, 1.82) is 0 Å². The summed E-state index contributed by atoms with van der Waals surface area (Å²) >= 11 is 0. The normalized spacial score (nSPS) is 12.5. The maximum absolute atomic E-state index is 12.5. The molecule has 0 saturated carbocycles. The largest absolute Gasteiger partial charge is 0.573 e. The van der Waals surface area contributed by atoms with Gasteiger partial charge in [-0.1, -0.05) is 70.2 Å². The Kier molecular flexibility index (Phi) is 9.31. The predicted molar refractivity (Wildman–Crippen MR) is 139 cm³/mol.